The monoisotopic (exact) mass is 399 g/mol. The van der Waals surface area contributed by atoms with E-state index in [-0.39, 0.29) is 5.91 Å². The summed E-state index contributed by atoms with van der Waals surface area (Å²) in [6.07, 6.45) is 3.47. The summed E-state index contributed by atoms with van der Waals surface area (Å²) in [5.41, 5.74) is 2.99. The van der Waals surface area contributed by atoms with Gasteiger partial charge in [0.15, 0.2) is 5.69 Å². The summed E-state index contributed by atoms with van der Waals surface area (Å²) in [7, 11) is 0. The molecule has 0 spiro atoms. The molecule has 6 nitrogen and oxygen atoms in total. The van der Waals surface area contributed by atoms with Gasteiger partial charge in [-0.25, -0.2) is 0 Å². The third-order valence-electron chi connectivity index (χ3n) is 4.70. The van der Waals surface area contributed by atoms with Gasteiger partial charge in [0.25, 0.3) is 5.91 Å². The van der Waals surface area contributed by atoms with E-state index in [1.54, 1.807) is 23.6 Å². The lowest BCUT2D eigenvalue weighted by atomic mass is 10.0. The number of benzene rings is 2. The van der Waals surface area contributed by atoms with Crippen LogP contribution in [-0.2, 0) is 6.54 Å². The predicted octanol–water partition coefficient (Wildman–Crippen LogP) is 4.79. The molecule has 2 N–H and O–H groups in total. The Balaban J connectivity index is 1.31. The highest BCUT2D eigenvalue weighted by Gasteiger charge is 2.13. The van der Waals surface area contributed by atoms with E-state index in [2.05, 4.69) is 44.9 Å². The molecule has 5 rings (SSSR count). The van der Waals surface area contributed by atoms with E-state index >= 15 is 0 Å². The van der Waals surface area contributed by atoms with Crippen LogP contribution in [0.3, 0.4) is 0 Å². The molecule has 0 aliphatic heterocycles. The first-order chi connectivity index (χ1) is 14.3. The molecule has 1 amide bonds. The van der Waals surface area contributed by atoms with Crippen molar-refractivity contribution in [2.45, 2.75) is 6.54 Å². The molecule has 0 atom stereocenters. The molecule has 3 heterocycles. The number of hydrogen-bond acceptors (Lipinski definition) is 4. The number of thiophene rings is 1. The summed E-state index contributed by atoms with van der Waals surface area (Å²) < 4.78 is 1.82. The highest BCUT2D eigenvalue weighted by atomic mass is 32.1. The Labute approximate surface area is 170 Å². The lowest BCUT2D eigenvalue weighted by Gasteiger charge is -2.06. The second kappa shape index (κ2) is 7.37. The van der Waals surface area contributed by atoms with Crippen molar-refractivity contribution >= 4 is 33.7 Å². The number of fused-ring (bicyclic) bond motifs is 1. The number of aromatic nitrogens is 4. The summed E-state index contributed by atoms with van der Waals surface area (Å²) >= 11 is 1.59. The molecule has 2 aromatic carbocycles. The number of carbonyl (C=O) groups is 1. The molecule has 0 bridgehead atoms. The van der Waals surface area contributed by atoms with Crippen molar-refractivity contribution in [1.82, 2.24) is 20.0 Å². The molecule has 142 valence electrons. The fourth-order valence-electron chi connectivity index (χ4n) is 3.31. The number of hydrogen-bond donors (Lipinski definition) is 2. The third kappa shape index (κ3) is 3.55. The van der Waals surface area contributed by atoms with E-state index in [1.807, 2.05) is 46.6 Å². The smallest absolute Gasteiger partial charge is 0.276 e. The van der Waals surface area contributed by atoms with E-state index in [4.69, 9.17) is 0 Å². The quantitative estimate of drug-likeness (QED) is 0.446. The van der Waals surface area contributed by atoms with Crippen molar-refractivity contribution < 1.29 is 4.79 Å². The minimum Gasteiger partial charge on any atom is -0.318 e. The number of carbonyl (C=O) groups excluding carboxylic acids is 1. The van der Waals surface area contributed by atoms with Crippen molar-refractivity contribution in [3.05, 3.63) is 89.7 Å². The molecule has 29 heavy (non-hydrogen) atoms. The summed E-state index contributed by atoms with van der Waals surface area (Å²) in [5, 5.41) is 18.7. The highest BCUT2D eigenvalue weighted by molar-refractivity contribution is 7.13. The van der Waals surface area contributed by atoms with Crippen LogP contribution >= 0.6 is 11.3 Å². The molecule has 0 unspecified atom stereocenters. The van der Waals surface area contributed by atoms with Gasteiger partial charge in [0.1, 0.15) is 0 Å². The van der Waals surface area contributed by atoms with Gasteiger partial charge in [-0.3, -0.25) is 14.6 Å². The lowest BCUT2D eigenvalue weighted by molar-refractivity contribution is 0.102. The van der Waals surface area contributed by atoms with Crippen LogP contribution in [0.4, 0.5) is 5.69 Å². The Morgan fingerprint density at radius 3 is 2.90 bits per heavy atom. The van der Waals surface area contributed by atoms with E-state index in [0.717, 1.165) is 10.6 Å². The summed E-state index contributed by atoms with van der Waals surface area (Å²) in [5.74, 6) is -0.270. The second-order valence-corrected chi connectivity index (χ2v) is 7.61. The van der Waals surface area contributed by atoms with Gasteiger partial charge in [-0.05, 0) is 33.8 Å². The van der Waals surface area contributed by atoms with E-state index < -0.39 is 0 Å². The maximum Gasteiger partial charge on any atom is 0.276 e. The molecular formula is C22H17N5OS. The van der Waals surface area contributed by atoms with Crippen LogP contribution in [-0.4, -0.2) is 25.9 Å². The van der Waals surface area contributed by atoms with Crippen molar-refractivity contribution in [1.29, 1.82) is 0 Å². The van der Waals surface area contributed by atoms with Crippen molar-refractivity contribution in [2.24, 2.45) is 0 Å². The van der Waals surface area contributed by atoms with E-state index in [0.29, 0.717) is 17.9 Å². The maximum absolute atomic E-state index is 12.5. The normalized spacial score (nSPS) is 11.0. The average Bonchev–Trinajstić information content (AvgIpc) is 3.50. The Hall–Kier alpha value is -3.71. The van der Waals surface area contributed by atoms with Crippen LogP contribution in [0.1, 0.15) is 16.1 Å². The standard InChI is InChI=1S/C22H17N5OS/c28-22(20-11-19(25-26-20)21-9-4-10-29-21)24-17-12-23-27(14-17)13-16-7-3-6-15-5-1-2-8-18(15)16/h1-12,14H,13H2,(H,24,28)(H,25,26). The second-order valence-electron chi connectivity index (χ2n) is 6.66. The Morgan fingerprint density at radius 2 is 2.00 bits per heavy atom. The number of anilines is 1. The van der Waals surface area contributed by atoms with Crippen LogP contribution < -0.4 is 5.32 Å². The minimum absolute atomic E-state index is 0.270. The van der Waals surface area contributed by atoms with Gasteiger partial charge in [-0.2, -0.15) is 10.2 Å². The summed E-state index contributed by atoms with van der Waals surface area (Å²) in [6.45, 7) is 0.627. The molecule has 3 aromatic heterocycles. The molecular weight excluding hydrogens is 382 g/mol. The number of aromatic amines is 1. The first-order valence-electron chi connectivity index (χ1n) is 9.16. The van der Waals surface area contributed by atoms with Gasteiger partial charge in [-0.1, -0.05) is 48.5 Å². The fraction of sp³-hybridized carbons (Fsp3) is 0.0455. The van der Waals surface area contributed by atoms with Gasteiger partial charge >= 0.3 is 0 Å². The Morgan fingerprint density at radius 1 is 1.10 bits per heavy atom. The SMILES string of the molecule is O=C(Nc1cnn(Cc2cccc3ccccc23)c1)c1cc(-c2cccs2)[nH]n1. The fourth-order valence-corrected chi connectivity index (χ4v) is 4.00. The van der Waals surface area contributed by atoms with Crippen LogP contribution in [0, 0.1) is 0 Å². The number of rotatable bonds is 5. The molecule has 0 aliphatic carbocycles. The average molecular weight is 399 g/mol. The number of amides is 1. The first-order valence-corrected chi connectivity index (χ1v) is 10.0. The van der Waals surface area contributed by atoms with E-state index in [9.17, 15) is 4.79 Å². The Kier molecular flexibility index (Phi) is 4.42. The number of H-pyrrole nitrogens is 1. The van der Waals surface area contributed by atoms with Gasteiger partial charge < -0.3 is 5.32 Å². The first kappa shape index (κ1) is 17.4. The third-order valence-corrected chi connectivity index (χ3v) is 5.60. The molecule has 0 saturated heterocycles. The number of nitrogens with one attached hydrogen (secondary N) is 2. The van der Waals surface area contributed by atoms with Crippen LogP contribution in [0.15, 0.2) is 78.4 Å². The largest absolute Gasteiger partial charge is 0.318 e. The zero-order valence-electron chi connectivity index (χ0n) is 15.4. The summed E-state index contributed by atoms with van der Waals surface area (Å²) in [4.78, 5) is 13.6. The minimum atomic E-state index is -0.270. The van der Waals surface area contributed by atoms with Crippen molar-refractivity contribution in [2.75, 3.05) is 5.32 Å². The lowest BCUT2D eigenvalue weighted by Crippen LogP contribution is -2.11. The summed E-state index contributed by atoms with van der Waals surface area (Å²) in [6, 6.07) is 20.2. The van der Waals surface area contributed by atoms with Crippen LogP contribution in [0.5, 0.6) is 0 Å². The van der Waals surface area contributed by atoms with Gasteiger partial charge in [0.2, 0.25) is 0 Å². The zero-order valence-corrected chi connectivity index (χ0v) is 16.2. The Bertz CT molecular complexity index is 1280. The van der Waals surface area contributed by atoms with Crippen molar-refractivity contribution in [3.8, 4) is 10.6 Å². The molecule has 0 radical (unpaired) electrons. The number of nitrogens with zero attached hydrogens (tertiary/aromatic N) is 3. The van der Waals surface area contributed by atoms with E-state index in [1.165, 1.54) is 16.3 Å². The highest BCUT2D eigenvalue weighted by Crippen LogP contribution is 2.23. The van der Waals surface area contributed by atoms with Gasteiger partial charge in [0.05, 0.1) is 29.0 Å². The van der Waals surface area contributed by atoms with Gasteiger partial charge in [-0.15, -0.1) is 11.3 Å². The van der Waals surface area contributed by atoms with Crippen molar-refractivity contribution in [3.63, 3.8) is 0 Å². The predicted molar refractivity (Wildman–Crippen MR) is 115 cm³/mol. The van der Waals surface area contributed by atoms with Crippen LogP contribution in [0.25, 0.3) is 21.3 Å². The molecule has 0 saturated carbocycles. The molecule has 5 aromatic rings. The van der Waals surface area contributed by atoms with Crippen LogP contribution in [0.2, 0.25) is 0 Å². The zero-order chi connectivity index (χ0) is 19.6. The maximum atomic E-state index is 12.5. The molecule has 0 fully saturated rings. The molecule has 0 aliphatic rings. The topological polar surface area (TPSA) is 75.6 Å². The molecule has 7 heteroatoms. The van der Waals surface area contributed by atoms with Gasteiger partial charge in [0, 0.05) is 6.20 Å².